The summed E-state index contributed by atoms with van der Waals surface area (Å²) in [6.45, 7) is 4.89. The first-order valence-corrected chi connectivity index (χ1v) is 10.6. The third-order valence-electron chi connectivity index (χ3n) is 5.39. The molecule has 0 radical (unpaired) electrons. The van der Waals surface area contributed by atoms with Crippen LogP contribution in [0.25, 0.3) is 0 Å². The van der Waals surface area contributed by atoms with Gasteiger partial charge in [0.2, 0.25) is 5.91 Å². The molecular weight excluding hydrogens is 521 g/mol. The lowest BCUT2D eigenvalue weighted by Gasteiger charge is -2.35. The summed E-state index contributed by atoms with van der Waals surface area (Å²) in [6.07, 6.45) is 3.59. The van der Waals surface area contributed by atoms with Crippen LogP contribution in [0.5, 0.6) is 5.75 Å². The second-order valence-corrected chi connectivity index (χ2v) is 7.76. The maximum Gasteiger partial charge on any atom is 0.246 e. The summed E-state index contributed by atoms with van der Waals surface area (Å²) in [5.74, 6) is 1.64. The average Bonchev–Trinajstić information content (AvgIpc) is 3.19. The highest BCUT2D eigenvalue weighted by Gasteiger charge is 2.28. The van der Waals surface area contributed by atoms with Gasteiger partial charge in [-0.05, 0) is 27.1 Å². The lowest BCUT2D eigenvalue weighted by atomic mass is 10.0. The van der Waals surface area contributed by atoms with Gasteiger partial charge in [-0.3, -0.25) is 14.5 Å². The van der Waals surface area contributed by atoms with Gasteiger partial charge in [0, 0.05) is 38.4 Å². The van der Waals surface area contributed by atoms with Gasteiger partial charge in [0.25, 0.3) is 0 Å². The molecule has 0 saturated carbocycles. The van der Waals surface area contributed by atoms with Crippen molar-refractivity contribution in [2.45, 2.75) is 13.0 Å². The Kier molecular flexibility index (Phi) is 9.76. The zero-order valence-corrected chi connectivity index (χ0v) is 21.8. The first-order valence-electron chi connectivity index (χ1n) is 10.6. The number of ether oxygens (including phenoxy) is 1. The average molecular weight is 555 g/mol. The Bertz CT molecular complexity index is 915. The molecule has 2 heterocycles. The minimum Gasteiger partial charge on any atom is -0.496 e. The molecule has 0 aliphatic carbocycles. The van der Waals surface area contributed by atoms with E-state index in [1.807, 2.05) is 57.4 Å². The predicted octanol–water partition coefficient (Wildman–Crippen LogP) is 1.96. The number of aromatic nitrogens is 2. The van der Waals surface area contributed by atoms with Gasteiger partial charge in [0.05, 0.1) is 31.6 Å². The molecular formula is C22H34IN7O2. The van der Waals surface area contributed by atoms with Crippen molar-refractivity contribution in [1.29, 1.82) is 0 Å². The summed E-state index contributed by atoms with van der Waals surface area (Å²) in [5, 5.41) is 7.52. The molecule has 1 aliphatic rings. The van der Waals surface area contributed by atoms with Crippen LogP contribution >= 0.6 is 24.0 Å². The van der Waals surface area contributed by atoms with E-state index in [-0.39, 0.29) is 42.5 Å². The minimum atomic E-state index is 0. The van der Waals surface area contributed by atoms with Crippen LogP contribution in [0.1, 0.15) is 18.5 Å². The van der Waals surface area contributed by atoms with Crippen LogP contribution in [-0.2, 0) is 11.8 Å². The summed E-state index contributed by atoms with van der Waals surface area (Å²) in [4.78, 5) is 23.6. The Balaban J connectivity index is 0.00000363. The van der Waals surface area contributed by atoms with Crippen LogP contribution in [-0.4, -0.2) is 85.4 Å². The summed E-state index contributed by atoms with van der Waals surface area (Å²) in [5.41, 5.74) is 1.92. The second kappa shape index (κ2) is 12.0. The predicted molar refractivity (Wildman–Crippen MR) is 138 cm³/mol. The summed E-state index contributed by atoms with van der Waals surface area (Å²) < 4.78 is 7.27. The highest BCUT2D eigenvalue weighted by Crippen LogP contribution is 2.28. The van der Waals surface area contributed by atoms with E-state index in [0.717, 1.165) is 29.5 Å². The van der Waals surface area contributed by atoms with Gasteiger partial charge in [-0.1, -0.05) is 18.2 Å². The van der Waals surface area contributed by atoms with Gasteiger partial charge in [0.15, 0.2) is 5.96 Å². The van der Waals surface area contributed by atoms with Gasteiger partial charge in [-0.2, -0.15) is 5.10 Å². The third kappa shape index (κ3) is 6.12. The molecule has 10 heteroatoms. The lowest BCUT2D eigenvalue weighted by molar-refractivity contribution is -0.120. The van der Waals surface area contributed by atoms with Gasteiger partial charge in [-0.25, -0.2) is 0 Å². The topological polar surface area (TPSA) is 78.2 Å². The van der Waals surface area contributed by atoms with E-state index in [9.17, 15) is 4.79 Å². The van der Waals surface area contributed by atoms with Crippen molar-refractivity contribution in [3.63, 3.8) is 0 Å². The van der Waals surface area contributed by atoms with Crippen molar-refractivity contribution < 1.29 is 9.53 Å². The SMILES string of the molecule is CCNC(=NCC(c1ccccc1OC)N(C)C)N1CCN(c2cnn(C)c2)C(=O)C1.I. The number of para-hydroxylation sites is 1. The number of nitrogens with zero attached hydrogens (tertiary/aromatic N) is 6. The molecule has 32 heavy (non-hydrogen) atoms. The molecule has 1 atom stereocenters. The third-order valence-corrected chi connectivity index (χ3v) is 5.39. The highest BCUT2D eigenvalue weighted by molar-refractivity contribution is 14.0. The molecule has 1 amide bonds. The number of aliphatic imine (C=N–C) groups is 1. The standard InChI is InChI=1S/C22H33N7O2.HI/c1-6-23-22(24-14-19(26(2)3)18-9-7-8-10-20(18)31-5)28-11-12-29(21(30)16-28)17-13-25-27(4)15-17;/h7-10,13,15,19H,6,11-12,14,16H2,1-5H3,(H,23,24);1H. The molecule has 9 nitrogen and oxygen atoms in total. The number of piperazine rings is 1. The Hall–Kier alpha value is -2.34. The van der Waals surface area contributed by atoms with Crippen molar-refractivity contribution in [3.8, 4) is 5.75 Å². The molecule has 1 unspecified atom stereocenters. The van der Waals surface area contributed by atoms with Gasteiger partial charge in [0.1, 0.15) is 12.3 Å². The molecule has 176 valence electrons. The molecule has 0 bridgehead atoms. The number of rotatable bonds is 7. The molecule has 1 saturated heterocycles. The van der Waals surface area contributed by atoms with E-state index in [0.29, 0.717) is 19.6 Å². The van der Waals surface area contributed by atoms with Crippen molar-refractivity contribution in [2.75, 3.05) is 58.8 Å². The fraction of sp³-hybridized carbons (Fsp3) is 0.500. The fourth-order valence-corrected chi connectivity index (χ4v) is 3.75. The first-order chi connectivity index (χ1) is 14.9. The van der Waals surface area contributed by atoms with Crippen LogP contribution in [0, 0.1) is 0 Å². The number of likely N-dealkylation sites (N-methyl/N-ethyl adjacent to an activating group) is 1. The minimum absolute atomic E-state index is 0. The Labute approximate surface area is 207 Å². The monoisotopic (exact) mass is 555 g/mol. The van der Waals surface area contributed by atoms with Crippen molar-refractivity contribution >= 4 is 41.5 Å². The first kappa shape index (κ1) is 25.9. The maximum absolute atomic E-state index is 12.8. The van der Waals surface area contributed by atoms with Crippen LogP contribution in [0.3, 0.4) is 0 Å². The number of benzene rings is 1. The van der Waals surface area contributed by atoms with Gasteiger partial charge >= 0.3 is 0 Å². The molecule has 2 aromatic rings. The number of nitrogens with one attached hydrogen (secondary N) is 1. The van der Waals surface area contributed by atoms with Crippen molar-refractivity contribution in [2.24, 2.45) is 12.0 Å². The molecule has 1 fully saturated rings. The number of anilines is 1. The van der Waals surface area contributed by atoms with E-state index < -0.39 is 0 Å². The smallest absolute Gasteiger partial charge is 0.246 e. The number of hydrogen-bond acceptors (Lipinski definition) is 5. The number of amides is 1. The fourth-order valence-electron chi connectivity index (χ4n) is 3.75. The molecule has 1 aromatic heterocycles. The molecule has 1 N–H and O–H groups in total. The molecule has 3 rings (SSSR count). The number of halogens is 1. The number of aryl methyl sites for hydroxylation is 1. The summed E-state index contributed by atoms with van der Waals surface area (Å²) in [6, 6.07) is 8.08. The van der Waals surface area contributed by atoms with Crippen LogP contribution < -0.4 is 15.0 Å². The Morgan fingerprint density at radius 2 is 2.06 bits per heavy atom. The number of guanidine groups is 1. The number of methoxy groups -OCH3 is 1. The zero-order chi connectivity index (χ0) is 22.4. The van der Waals surface area contributed by atoms with E-state index in [4.69, 9.17) is 9.73 Å². The molecule has 1 aromatic carbocycles. The maximum atomic E-state index is 12.8. The molecule has 1 aliphatic heterocycles. The quantitative estimate of drug-likeness (QED) is 0.320. The number of carbonyl (C=O) groups excluding carboxylic acids is 1. The van der Waals surface area contributed by atoms with E-state index >= 15 is 0 Å². The normalized spacial score (nSPS) is 15.6. The number of carbonyl (C=O) groups is 1. The Morgan fingerprint density at radius 3 is 2.66 bits per heavy atom. The van der Waals surface area contributed by atoms with E-state index in [1.165, 1.54) is 0 Å². The lowest BCUT2D eigenvalue weighted by Crippen LogP contribution is -2.55. The van der Waals surface area contributed by atoms with Gasteiger partial charge < -0.3 is 24.8 Å². The largest absolute Gasteiger partial charge is 0.496 e. The summed E-state index contributed by atoms with van der Waals surface area (Å²) >= 11 is 0. The van der Waals surface area contributed by atoms with E-state index in [1.54, 1.807) is 22.9 Å². The second-order valence-electron chi connectivity index (χ2n) is 7.76. The van der Waals surface area contributed by atoms with Gasteiger partial charge in [-0.15, -0.1) is 24.0 Å². The number of hydrogen-bond donors (Lipinski definition) is 1. The van der Waals surface area contributed by atoms with Crippen molar-refractivity contribution in [3.05, 3.63) is 42.2 Å². The van der Waals surface area contributed by atoms with Crippen LogP contribution in [0.4, 0.5) is 5.69 Å². The zero-order valence-electron chi connectivity index (χ0n) is 19.5. The highest BCUT2D eigenvalue weighted by atomic mass is 127. The van der Waals surface area contributed by atoms with Crippen LogP contribution in [0.15, 0.2) is 41.7 Å². The van der Waals surface area contributed by atoms with Crippen LogP contribution in [0.2, 0.25) is 0 Å². The van der Waals surface area contributed by atoms with Crippen molar-refractivity contribution in [1.82, 2.24) is 24.9 Å². The summed E-state index contributed by atoms with van der Waals surface area (Å²) in [7, 11) is 7.61. The molecule has 0 spiro atoms. The Morgan fingerprint density at radius 1 is 1.31 bits per heavy atom. The van der Waals surface area contributed by atoms with E-state index in [2.05, 4.69) is 21.4 Å².